The van der Waals surface area contributed by atoms with Crippen LogP contribution < -0.4 is 5.32 Å². The van der Waals surface area contributed by atoms with Crippen molar-refractivity contribution in [1.82, 2.24) is 19.7 Å². The summed E-state index contributed by atoms with van der Waals surface area (Å²) >= 11 is 0. The topological polar surface area (TPSA) is 75.6 Å². The number of imidazole rings is 1. The molecule has 6 heteroatoms. The normalized spacial score (nSPS) is 13.4. The second-order valence-electron chi connectivity index (χ2n) is 7.20. The Labute approximate surface area is 159 Å². The van der Waals surface area contributed by atoms with Crippen molar-refractivity contribution in [2.75, 3.05) is 5.32 Å². The summed E-state index contributed by atoms with van der Waals surface area (Å²) in [7, 11) is 0. The number of nitrogens with one attached hydrogen (secondary N) is 2. The highest BCUT2D eigenvalue weighted by molar-refractivity contribution is 5.95. The van der Waals surface area contributed by atoms with Gasteiger partial charge in [-0.2, -0.15) is 5.10 Å². The summed E-state index contributed by atoms with van der Waals surface area (Å²) in [6, 6.07) is 7.90. The summed E-state index contributed by atoms with van der Waals surface area (Å²) in [5.74, 6) is 1.15. The monoisotopic (exact) mass is 363 g/mol. The summed E-state index contributed by atoms with van der Waals surface area (Å²) in [4.78, 5) is 17.3. The number of carbonyl (C=O) groups excluding carboxylic acids is 1. The van der Waals surface area contributed by atoms with Gasteiger partial charge < -0.3 is 9.88 Å². The van der Waals surface area contributed by atoms with Crippen molar-refractivity contribution >= 4 is 11.6 Å². The number of hydrogen-bond acceptors (Lipinski definition) is 3. The average molecular weight is 363 g/mol. The minimum atomic E-state index is 0.00595. The van der Waals surface area contributed by atoms with Gasteiger partial charge in [0.15, 0.2) is 0 Å². The fourth-order valence-corrected chi connectivity index (χ4v) is 3.75. The number of hydrogen-bond donors (Lipinski definition) is 2. The van der Waals surface area contributed by atoms with Gasteiger partial charge in [0.25, 0.3) is 0 Å². The Bertz CT molecular complexity index is 926. The average Bonchev–Trinajstić information content (AvgIpc) is 3.24. The summed E-state index contributed by atoms with van der Waals surface area (Å²) in [5.41, 5.74) is 5.85. The van der Waals surface area contributed by atoms with Crippen LogP contribution in [0, 0.1) is 13.8 Å². The first-order valence-electron chi connectivity index (χ1n) is 9.57. The fraction of sp³-hybridized carbons (Fsp3) is 0.381. The first-order valence-corrected chi connectivity index (χ1v) is 9.57. The fourth-order valence-electron chi connectivity index (χ4n) is 3.75. The zero-order chi connectivity index (χ0) is 18.8. The highest BCUT2D eigenvalue weighted by atomic mass is 16.1. The van der Waals surface area contributed by atoms with Gasteiger partial charge in [-0.1, -0.05) is 18.2 Å². The van der Waals surface area contributed by atoms with Gasteiger partial charge in [-0.05, 0) is 44.7 Å². The van der Waals surface area contributed by atoms with Crippen LogP contribution in [0.2, 0.25) is 0 Å². The smallest absolute Gasteiger partial charge is 0.224 e. The number of para-hydroxylation sites is 1. The standard InChI is InChI=1S/C21H25N5O/c1-14-16(15(2)25-24-14)10-11-21(27)23-18-8-4-3-7-17(18)19-13-26-12-6-5-9-20(26)22-19/h3-4,7-8,13H,5-6,9-12H2,1-2H3,(H,23,27)(H,24,25). The van der Waals surface area contributed by atoms with E-state index in [-0.39, 0.29) is 5.91 Å². The molecule has 0 spiro atoms. The van der Waals surface area contributed by atoms with Crippen LogP contribution in [0.5, 0.6) is 0 Å². The van der Waals surface area contributed by atoms with Crippen LogP contribution in [0.4, 0.5) is 5.69 Å². The number of nitrogens with zero attached hydrogens (tertiary/aromatic N) is 3. The van der Waals surface area contributed by atoms with Crippen LogP contribution in [0.25, 0.3) is 11.3 Å². The van der Waals surface area contributed by atoms with Gasteiger partial charge in [0.05, 0.1) is 17.1 Å². The molecular weight excluding hydrogens is 338 g/mol. The molecule has 1 aliphatic rings. The van der Waals surface area contributed by atoms with Gasteiger partial charge in [-0.3, -0.25) is 9.89 Å². The molecule has 1 aromatic carbocycles. The van der Waals surface area contributed by atoms with E-state index in [1.54, 1.807) is 0 Å². The number of carbonyl (C=O) groups is 1. The molecule has 0 bridgehead atoms. The van der Waals surface area contributed by atoms with E-state index >= 15 is 0 Å². The Balaban J connectivity index is 1.49. The van der Waals surface area contributed by atoms with E-state index in [1.165, 1.54) is 12.8 Å². The lowest BCUT2D eigenvalue weighted by Crippen LogP contribution is -2.13. The van der Waals surface area contributed by atoms with E-state index in [4.69, 9.17) is 4.98 Å². The lowest BCUT2D eigenvalue weighted by Gasteiger charge is -2.11. The number of aromatic amines is 1. The maximum atomic E-state index is 12.5. The number of fused-ring (bicyclic) bond motifs is 1. The molecule has 1 amide bonds. The van der Waals surface area contributed by atoms with Crippen LogP contribution in [0.1, 0.15) is 42.0 Å². The van der Waals surface area contributed by atoms with Crippen molar-refractivity contribution in [3.05, 3.63) is 53.2 Å². The Hall–Kier alpha value is -2.89. The van der Waals surface area contributed by atoms with Crippen molar-refractivity contribution in [2.45, 2.75) is 52.5 Å². The van der Waals surface area contributed by atoms with Gasteiger partial charge in [0.1, 0.15) is 5.82 Å². The van der Waals surface area contributed by atoms with Crippen molar-refractivity contribution in [3.63, 3.8) is 0 Å². The molecule has 0 saturated carbocycles. The van der Waals surface area contributed by atoms with E-state index in [9.17, 15) is 4.79 Å². The summed E-state index contributed by atoms with van der Waals surface area (Å²) in [6.45, 7) is 4.98. The number of H-pyrrole nitrogens is 1. The predicted molar refractivity (Wildman–Crippen MR) is 106 cm³/mol. The minimum absolute atomic E-state index is 0.00595. The van der Waals surface area contributed by atoms with E-state index in [2.05, 4.69) is 26.3 Å². The molecule has 0 saturated heterocycles. The highest BCUT2D eigenvalue weighted by Crippen LogP contribution is 2.29. The van der Waals surface area contributed by atoms with E-state index in [0.29, 0.717) is 12.8 Å². The SMILES string of the molecule is Cc1n[nH]c(C)c1CCC(=O)Nc1ccccc1-c1cn2c(n1)CCCC2. The third kappa shape index (κ3) is 3.65. The van der Waals surface area contributed by atoms with E-state index in [0.717, 1.165) is 52.7 Å². The molecule has 0 fully saturated rings. The second kappa shape index (κ2) is 7.39. The Morgan fingerprint density at radius 2 is 2.11 bits per heavy atom. The molecule has 2 N–H and O–H groups in total. The first-order chi connectivity index (χ1) is 13.1. The predicted octanol–water partition coefficient (Wildman–Crippen LogP) is 3.80. The lowest BCUT2D eigenvalue weighted by molar-refractivity contribution is -0.116. The number of aromatic nitrogens is 4. The Kier molecular flexibility index (Phi) is 4.79. The molecule has 3 heterocycles. The Morgan fingerprint density at radius 3 is 2.89 bits per heavy atom. The third-order valence-electron chi connectivity index (χ3n) is 5.27. The van der Waals surface area contributed by atoms with Gasteiger partial charge in [-0.15, -0.1) is 0 Å². The van der Waals surface area contributed by atoms with Crippen LogP contribution in [0.15, 0.2) is 30.5 Å². The number of aryl methyl sites for hydroxylation is 4. The van der Waals surface area contributed by atoms with E-state index < -0.39 is 0 Å². The second-order valence-corrected chi connectivity index (χ2v) is 7.20. The number of rotatable bonds is 5. The summed E-state index contributed by atoms with van der Waals surface area (Å²) in [5, 5.41) is 10.2. The Morgan fingerprint density at radius 1 is 1.26 bits per heavy atom. The van der Waals surface area contributed by atoms with Crippen molar-refractivity contribution < 1.29 is 4.79 Å². The van der Waals surface area contributed by atoms with Crippen molar-refractivity contribution in [3.8, 4) is 11.3 Å². The maximum Gasteiger partial charge on any atom is 0.224 e. The molecule has 1 aliphatic heterocycles. The van der Waals surface area contributed by atoms with Gasteiger partial charge in [-0.25, -0.2) is 4.98 Å². The summed E-state index contributed by atoms with van der Waals surface area (Å²) < 4.78 is 2.24. The quantitative estimate of drug-likeness (QED) is 0.724. The highest BCUT2D eigenvalue weighted by Gasteiger charge is 2.16. The van der Waals surface area contributed by atoms with Gasteiger partial charge in [0, 0.05) is 36.8 Å². The zero-order valence-corrected chi connectivity index (χ0v) is 15.9. The molecule has 140 valence electrons. The van der Waals surface area contributed by atoms with Gasteiger partial charge in [0.2, 0.25) is 5.91 Å². The molecule has 0 atom stereocenters. The van der Waals surface area contributed by atoms with Crippen LogP contribution in [0.3, 0.4) is 0 Å². The molecular formula is C21H25N5O. The number of anilines is 1. The molecule has 6 nitrogen and oxygen atoms in total. The first kappa shape index (κ1) is 17.5. The third-order valence-corrected chi connectivity index (χ3v) is 5.27. The lowest BCUT2D eigenvalue weighted by atomic mass is 10.1. The number of benzene rings is 1. The van der Waals surface area contributed by atoms with Gasteiger partial charge >= 0.3 is 0 Å². The summed E-state index contributed by atoms with van der Waals surface area (Å²) in [6.07, 6.45) is 6.64. The molecule has 0 unspecified atom stereocenters. The van der Waals surface area contributed by atoms with Crippen LogP contribution in [-0.4, -0.2) is 25.7 Å². The van der Waals surface area contributed by atoms with Crippen LogP contribution >= 0.6 is 0 Å². The molecule has 2 aromatic heterocycles. The molecule has 3 aromatic rings. The molecule has 4 rings (SSSR count). The maximum absolute atomic E-state index is 12.5. The largest absolute Gasteiger partial charge is 0.334 e. The minimum Gasteiger partial charge on any atom is -0.334 e. The molecule has 27 heavy (non-hydrogen) atoms. The zero-order valence-electron chi connectivity index (χ0n) is 15.9. The molecule has 0 radical (unpaired) electrons. The number of amides is 1. The van der Waals surface area contributed by atoms with Crippen LogP contribution in [-0.2, 0) is 24.2 Å². The van der Waals surface area contributed by atoms with Crippen molar-refractivity contribution in [1.29, 1.82) is 0 Å². The van der Waals surface area contributed by atoms with Crippen molar-refractivity contribution in [2.24, 2.45) is 0 Å². The molecule has 0 aliphatic carbocycles. The van der Waals surface area contributed by atoms with E-state index in [1.807, 2.05) is 38.1 Å².